The Morgan fingerprint density at radius 2 is 2.67 bits per heavy atom. The van der Waals surface area contributed by atoms with Crippen LogP contribution in [0.25, 0.3) is 6.08 Å². The molecule has 0 saturated heterocycles. The lowest BCUT2D eigenvalue weighted by Gasteiger charge is -1.93. The zero-order valence-corrected chi connectivity index (χ0v) is 5.74. The molecule has 3 heteroatoms. The molecule has 0 atom stereocenters. The van der Waals surface area contributed by atoms with Crippen LogP contribution in [-0.4, -0.2) is 4.49 Å². The first-order chi connectivity index (χ1) is 4.47. The number of H-pyrrole nitrogens is 1. The molecule has 0 spiro atoms. The molecule has 2 rings (SSSR count). The number of fused-ring (bicyclic) bond motifs is 1. The van der Waals surface area contributed by atoms with E-state index in [-0.39, 0.29) is 0 Å². The van der Waals surface area contributed by atoms with Crippen LogP contribution in [0.1, 0.15) is 17.0 Å². The lowest BCUT2D eigenvalue weighted by Crippen LogP contribution is -2.09. The highest BCUT2D eigenvalue weighted by Crippen LogP contribution is 2.16. The Balaban J connectivity index is 2.53. The monoisotopic (exact) mass is 139 g/mol. The van der Waals surface area contributed by atoms with Crippen LogP contribution < -0.4 is 5.10 Å². The topological polar surface area (TPSA) is 27.0 Å². The first-order valence-corrected chi connectivity index (χ1v) is 3.77. The fourth-order valence-electron chi connectivity index (χ4n) is 0.965. The molecule has 9 heavy (non-hydrogen) atoms. The van der Waals surface area contributed by atoms with Gasteiger partial charge < -0.3 is 0 Å². The third-order valence-electron chi connectivity index (χ3n) is 1.45. The van der Waals surface area contributed by atoms with Gasteiger partial charge in [0.15, 0.2) is 0 Å². The molecule has 1 aromatic rings. The number of hydrogen-bond acceptors (Lipinski definition) is 2. The van der Waals surface area contributed by atoms with Gasteiger partial charge in [-0.05, 0) is 12.5 Å². The Labute approximate surface area is 57.4 Å². The number of rotatable bonds is 0. The van der Waals surface area contributed by atoms with Crippen LogP contribution in [0.5, 0.6) is 0 Å². The van der Waals surface area contributed by atoms with E-state index in [1.807, 2.05) is 0 Å². The normalized spacial score (nSPS) is 15.6. The van der Waals surface area contributed by atoms with E-state index in [1.54, 1.807) is 0 Å². The minimum absolute atomic E-state index is 1.13. The van der Waals surface area contributed by atoms with Gasteiger partial charge in [0.2, 0.25) is 5.69 Å². The van der Waals surface area contributed by atoms with Crippen molar-refractivity contribution in [2.75, 3.05) is 0 Å². The van der Waals surface area contributed by atoms with E-state index in [0.717, 1.165) is 12.8 Å². The quantitative estimate of drug-likeness (QED) is 0.525. The van der Waals surface area contributed by atoms with Crippen LogP contribution >= 0.6 is 11.5 Å². The van der Waals surface area contributed by atoms with Crippen LogP contribution in [0, 0.1) is 0 Å². The lowest BCUT2D eigenvalue weighted by molar-refractivity contribution is -0.454. The number of hydrogen-bond donors (Lipinski definition) is 0. The minimum Gasteiger partial charge on any atom is -0.0909 e. The van der Waals surface area contributed by atoms with Gasteiger partial charge in [-0.1, -0.05) is 11.2 Å². The summed E-state index contributed by atoms with van der Waals surface area (Å²) in [4.78, 5) is 1.29. The van der Waals surface area contributed by atoms with Gasteiger partial charge in [0.1, 0.15) is 4.88 Å². The van der Waals surface area contributed by atoms with Gasteiger partial charge in [-0.2, -0.15) is 0 Å². The molecule has 1 N–H and O–H groups in total. The molecule has 1 heterocycles. The molecule has 0 aromatic carbocycles. The molecule has 1 aromatic heterocycles. The highest BCUT2D eigenvalue weighted by atomic mass is 32.1. The zero-order valence-electron chi connectivity index (χ0n) is 4.92. The molecule has 0 amide bonds. The molecule has 2 nitrogen and oxygen atoms in total. The Morgan fingerprint density at radius 1 is 1.67 bits per heavy atom. The smallest absolute Gasteiger partial charge is 0.0909 e. The second-order valence-corrected chi connectivity index (χ2v) is 2.88. The van der Waals surface area contributed by atoms with Crippen molar-refractivity contribution in [3.05, 3.63) is 16.6 Å². The van der Waals surface area contributed by atoms with Crippen molar-refractivity contribution >= 4 is 17.6 Å². The molecule has 1 aliphatic rings. The molecule has 46 valence electrons. The Bertz CT molecular complexity index is 239. The Kier molecular flexibility index (Phi) is 1.09. The summed E-state index contributed by atoms with van der Waals surface area (Å²) in [7, 11) is 0. The maximum Gasteiger partial charge on any atom is 0.226 e. The second kappa shape index (κ2) is 1.92. The van der Waals surface area contributed by atoms with Gasteiger partial charge in [0.25, 0.3) is 0 Å². The average Bonchev–Trinajstić information content (AvgIpc) is 2.33. The van der Waals surface area contributed by atoms with Crippen molar-refractivity contribution in [2.24, 2.45) is 0 Å². The molecular formula is C6H7N2S+. The average molecular weight is 139 g/mol. The van der Waals surface area contributed by atoms with Gasteiger partial charge in [0, 0.05) is 18.0 Å². The van der Waals surface area contributed by atoms with E-state index < -0.39 is 0 Å². The van der Waals surface area contributed by atoms with Gasteiger partial charge in [0.05, 0.1) is 4.49 Å². The van der Waals surface area contributed by atoms with Crippen molar-refractivity contribution in [3.63, 3.8) is 0 Å². The number of aromatic amines is 1. The molecular weight excluding hydrogens is 132 g/mol. The predicted octanol–water partition coefficient (Wildman–Crippen LogP) is 0.917. The SMILES string of the molecule is C1=Cc2sn[nH+]c2CC1. The van der Waals surface area contributed by atoms with E-state index in [0.29, 0.717) is 0 Å². The molecule has 0 saturated carbocycles. The highest BCUT2D eigenvalue weighted by molar-refractivity contribution is 7.06. The van der Waals surface area contributed by atoms with Gasteiger partial charge in [-0.3, -0.25) is 0 Å². The maximum atomic E-state index is 3.97. The van der Waals surface area contributed by atoms with Crippen LogP contribution in [-0.2, 0) is 6.42 Å². The maximum absolute atomic E-state index is 3.97. The molecule has 0 radical (unpaired) electrons. The molecule has 0 bridgehead atoms. The molecule has 0 aliphatic heterocycles. The first-order valence-electron chi connectivity index (χ1n) is 2.99. The number of allylic oxidation sites excluding steroid dienone is 1. The van der Waals surface area contributed by atoms with Crippen molar-refractivity contribution in [1.29, 1.82) is 0 Å². The van der Waals surface area contributed by atoms with E-state index in [1.165, 1.54) is 22.1 Å². The summed E-state index contributed by atoms with van der Waals surface area (Å²) < 4.78 is 3.97. The summed E-state index contributed by atoms with van der Waals surface area (Å²) in [6.45, 7) is 0. The van der Waals surface area contributed by atoms with Crippen LogP contribution in [0.15, 0.2) is 6.08 Å². The van der Waals surface area contributed by atoms with E-state index in [2.05, 4.69) is 21.7 Å². The summed E-state index contributed by atoms with van der Waals surface area (Å²) in [5, 5.41) is 2.97. The van der Waals surface area contributed by atoms with E-state index in [9.17, 15) is 0 Å². The standard InChI is InChI=1S/C6H6N2S/c1-2-4-6-5(3-1)7-8-9-6/h2,4H,1,3H2/p+1. The molecule has 0 unspecified atom stereocenters. The summed E-state index contributed by atoms with van der Waals surface area (Å²) in [6, 6.07) is 0. The Hall–Kier alpha value is -0.700. The second-order valence-electron chi connectivity index (χ2n) is 2.08. The lowest BCUT2D eigenvalue weighted by atomic mass is 10.1. The predicted molar refractivity (Wildman–Crippen MR) is 36.0 cm³/mol. The van der Waals surface area contributed by atoms with E-state index in [4.69, 9.17) is 0 Å². The third-order valence-corrected chi connectivity index (χ3v) is 2.21. The van der Waals surface area contributed by atoms with Gasteiger partial charge >= 0.3 is 0 Å². The summed E-state index contributed by atoms with van der Waals surface area (Å²) in [5.74, 6) is 0. The van der Waals surface area contributed by atoms with Crippen LogP contribution in [0.3, 0.4) is 0 Å². The first kappa shape index (κ1) is 5.11. The van der Waals surface area contributed by atoms with Crippen molar-refractivity contribution < 1.29 is 5.10 Å². The highest BCUT2D eigenvalue weighted by Gasteiger charge is 2.13. The number of nitrogens with one attached hydrogen (secondary N) is 1. The number of nitrogens with zero attached hydrogens (tertiary/aromatic N) is 1. The molecule has 0 fully saturated rings. The van der Waals surface area contributed by atoms with Crippen LogP contribution in [0.4, 0.5) is 0 Å². The number of aromatic nitrogens is 2. The largest absolute Gasteiger partial charge is 0.226 e. The zero-order chi connectivity index (χ0) is 6.10. The number of aryl methyl sites for hydroxylation is 1. The minimum atomic E-state index is 1.13. The van der Waals surface area contributed by atoms with Gasteiger partial charge in [-0.15, -0.1) is 0 Å². The fourth-order valence-corrected chi connectivity index (χ4v) is 1.63. The summed E-state index contributed by atoms with van der Waals surface area (Å²) in [5.41, 5.74) is 1.29. The van der Waals surface area contributed by atoms with Gasteiger partial charge in [-0.25, -0.2) is 0 Å². The summed E-state index contributed by atoms with van der Waals surface area (Å²) in [6.07, 6.45) is 6.60. The fraction of sp³-hybridized carbons (Fsp3) is 0.333. The van der Waals surface area contributed by atoms with Crippen molar-refractivity contribution in [3.8, 4) is 0 Å². The molecule has 1 aliphatic carbocycles. The summed E-state index contributed by atoms with van der Waals surface area (Å²) >= 11 is 1.53. The third kappa shape index (κ3) is 0.772. The van der Waals surface area contributed by atoms with Crippen molar-refractivity contribution in [1.82, 2.24) is 4.49 Å². The Morgan fingerprint density at radius 3 is 3.56 bits per heavy atom. The van der Waals surface area contributed by atoms with Crippen LogP contribution in [0.2, 0.25) is 0 Å². The van der Waals surface area contributed by atoms with Crippen molar-refractivity contribution in [2.45, 2.75) is 12.8 Å². The van der Waals surface area contributed by atoms with E-state index >= 15 is 0 Å².